The first-order valence-electron chi connectivity index (χ1n) is 7.19. The normalized spacial score (nSPS) is 19.4. The van der Waals surface area contributed by atoms with Crippen molar-refractivity contribution in [3.8, 4) is 0 Å². The molecule has 0 aromatic rings. The minimum absolute atomic E-state index is 0.769. The third-order valence-electron chi connectivity index (χ3n) is 3.67. The van der Waals surface area contributed by atoms with E-state index < -0.39 is 0 Å². The molecule has 1 rings (SSSR count). The Morgan fingerprint density at radius 1 is 1.24 bits per heavy atom. The summed E-state index contributed by atoms with van der Waals surface area (Å²) in [7, 11) is 4.41. The van der Waals surface area contributed by atoms with Gasteiger partial charge in [0.15, 0.2) is 0 Å². The number of nitrogens with zero attached hydrogens (tertiary/aromatic N) is 2. The Kier molecular flexibility index (Phi) is 7.09. The Hall–Kier alpha value is -0.120. The van der Waals surface area contributed by atoms with Crippen molar-refractivity contribution >= 4 is 0 Å². The molecule has 3 nitrogen and oxygen atoms in total. The van der Waals surface area contributed by atoms with Gasteiger partial charge in [0.05, 0.1) is 0 Å². The first-order chi connectivity index (χ1) is 8.09. The SMILES string of the molecule is CC(C)CNCCCN1CCC(N(C)C)CC1. The van der Waals surface area contributed by atoms with Crippen molar-refractivity contribution in [1.82, 2.24) is 15.1 Å². The topological polar surface area (TPSA) is 18.5 Å². The summed E-state index contributed by atoms with van der Waals surface area (Å²) < 4.78 is 0. The van der Waals surface area contributed by atoms with E-state index in [0.717, 1.165) is 18.5 Å². The van der Waals surface area contributed by atoms with Gasteiger partial charge in [0.25, 0.3) is 0 Å². The fourth-order valence-electron chi connectivity index (χ4n) is 2.48. The zero-order chi connectivity index (χ0) is 12.7. The molecule has 0 spiro atoms. The molecule has 1 aliphatic heterocycles. The van der Waals surface area contributed by atoms with Gasteiger partial charge in [-0.2, -0.15) is 0 Å². The molecule has 0 unspecified atom stereocenters. The van der Waals surface area contributed by atoms with Gasteiger partial charge in [-0.25, -0.2) is 0 Å². The van der Waals surface area contributed by atoms with Gasteiger partial charge in [-0.05, 0) is 72.0 Å². The van der Waals surface area contributed by atoms with Gasteiger partial charge < -0.3 is 15.1 Å². The quantitative estimate of drug-likeness (QED) is 0.684. The van der Waals surface area contributed by atoms with Crippen molar-refractivity contribution in [1.29, 1.82) is 0 Å². The summed E-state index contributed by atoms with van der Waals surface area (Å²) >= 11 is 0. The van der Waals surface area contributed by atoms with Crippen LogP contribution in [0.4, 0.5) is 0 Å². The van der Waals surface area contributed by atoms with Crippen LogP contribution in [-0.2, 0) is 0 Å². The van der Waals surface area contributed by atoms with E-state index in [0.29, 0.717) is 0 Å². The number of rotatable bonds is 7. The highest BCUT2D eigenvalue weighted by Crippen LogP contribution is 2.13. The lowest BCUT2D eigenvalue weighted by Crippen LogP contribution is -2.42. The van der Waals surface area contributed by atoms with E-state index in [1.807, 2.05) is 0 Å². The summed E-state index contributed by atoms with van der Waals surface area (Å²) in [6.45, 7) is 10.7. The highest BCUT2D eigenvalue weighted by molar-refractivity contribution is 4.76. The van der Waals surface area contributed by atoms with Gasteiger partial charge >= 0.3 is 0 Å². The number of hydrogen-bond acceptors (Lipinski definition) is 3. The maximum absolute atomic E-state index is 3.52. The van der Waals surface area contributed by atoms with Crippen LogP contribution in [0.3, 0.4) is 0 Å². The lowest BCUT2D eigenvalue weighted by atomic mass is 10.0. The van der Waals surface area contributed by atoms with E-state index >= 15 is 0 Å². The number of hydrogen-bond donors (Lipinski definition) is 1. The van der Waals surface area contributed by atoms with Crippen LogP contribution in [-0.4, -0.2) is 62.7 Å². The summed E-state index contributed by atoms with van der Waals surface area (Å²) in [6.07, 6.45) is 3.97. The zero-order valence-corrected chi connectivity index (χ0v) is 12.2. The Balaban J connectivity index is 1.99. The van der Waals surface area contributed by atoms with E-state index in [-0.39, 0.29) is 0 Å². The van der Waals surface area contributed by atoms with E-state index in [4.69, 9.17) is 0 Å². The average molecular weight is 241 g/mol. The molecule has 0 radical (unpaired) electrons. The van der Waals surface area contributed by atoms with E-state index in [2.05, 4.69) is 43.1 Å². The van der Waals surface area contributed by atoms with Crippen molar-refractivity contribution in [3.63, 3.8) is 0 Å². The molecule has 1 saturated heterocycles. The van der Waals surface area contributed by atoms with Crippen molar-refractivity contribution in [2.24, 2.45) is 5.92 Å². The maximum atomic E-state index is 3.52. The molecule has 1 N–H and O–H groups in total. The second kappa shape index (κ2) is 8.06. The van der Waals surface area contributed by atoms with Crippen molar-refractivity contribution in [2.75, 3.05) is 46.8 Å². The Morgan fingerprint density at radius 2 is 1.88 bits per heavy atom. The molecular formula is C14H31N3. The van der Waals surface area contributed by atoms with Crippen LogP contribution in [0.15, 0.2) is 0 Å². The van der Waals surface area contributed by atoms with Gasteiger partial charge in [-0.15, -0.1) is 0 Å². The average Bonchev–Trinajstić information content (AvgIpc) is 2.29. The van der Waals surface area contributed by atoms with Crippen LogP contribution in [0.5, 0.6) is 0 Å². The van der Waals surface area contributed by atoms with Crippen LogP contribution in [0.25, 0.3) is 0 Å². The molecule has 17 heavy (non-hydrogen) atoms. The van der Waals surface area contributed by atoms with Crippen LogP contribution in [0, 0.1) is 5.92 Å². The fourth-order valence-corrected chi connectivity index (χ4v) is 2.48. The molecule has 0 aromatic heterocycles. The molecule has 102 valence electrons. The van der Waals surface area contributed by atoms with Crippen LogP contribution in [0.1, 0.15) is 33.1 Å². The number of likely N-dealkylation sites (tertiary alicyclic amines) is 1. The molecule has 0 amide bonds. The molecule has 0 atom stereocenters. The molecule has 1 fully saturated rings. The van der Waals surface area contributed by atoms with Crippen LogP contribution < -0.4 is 5.32 Å². The monoisotopic (exact) mass is 241 g/mol. The standard InChI is InChI=1S/C14H31N3/c1-13(2)12-15-8-5-9-17-10-6-14(7-11-17)16(3)4/h13-15H,5-12H2,1-4H3. The van der Waals surface area contributed by atoms with E-state index in [9.17, 15) is 0 Å². The molecular weight excluding hydrogens is 210 g/mol. The molecule has 1 aliphatic rings. The minimum atomic E-state index is 0.769. The summed E-state index contributed by atoms with van der Waals surface area (Å²) in [5.41, 5.74) is 0. The Labute approximate surface area is 108 Å². The summed E-state index contributed by atoms with van der Waals surface area (Å²) in [4.78, 5) is 5.00. The summed E-state index contributed by atoms with van der Waals surface area (Å²) in [6, 6.07) is 0.810. The van der Waals surface area contributed by atoms with E-state index in [1.165, 1.54) is 45.4 Å². The molecule has 0 aromatic carbocycles. The van der Waals surface area contributed by atoms with E-state index in [1.54, 1.807) is 0 Å². The van der Waals surface area contributed by atoms with Gasteiger partial charge in [-0.1, -0.05) is 13.8 Å². The predicted molar refractivity (Wildman–Crippen MR) is 75.5 cm³/mol. The maximum Gasteiger partial charge on any atom is 0.0113 e. The highest BCUT2D eigenvalue weighted by atomic mass is 15.2. The molecule has 0 aliphatic carbocycles. The van der Waals surface area contributed by atoms with Crippen molar-refractivity contribution in [2.45, 2.75) is 39.2 Å². The van der Waals surface area contributed by atoms with Gasteiger partial charge in [0.1, 0.15) is 0 Å². The van der Waals surface area contributed by atoms with Gasteiger partial charge in [0.2, 0.25) is 0 Å². The second-order valence-corrected chi connectivity index (χ2v) is 5.99. The van der Waals surface area contributed by atoms with Crippen LogP contribution in [0.2, 0.25) is 0 Å². The zero-order valence-electron chi connectivity index (χ0n) is 12.2. The minimum Gasteiger partial charge on any atom is -0.316 e. The molecule has 0 bridgehead atoms. The predicted octanol–water partition coefficient (Wildman–Crippen LogP) is 1.65. The summed E-state index contributed by atoms with van der Waals surface area (Å²) in [5, 5.41) is 3.52. The first kappa shape index (κ1) is 14.9. The van der Waals surface area contributed by atoms with Gasteiger partial charge in [0, 0.05) is 6.04 Å². The van der Waals surface area contributed by atoms with Crippen molar-refractivity contribution in [3.05, 3.63) is 0 Å². The third-order valence-corrected chi connectivity index (χ3v) is 3.67. The fraction of sp³-hybridized carbons (Fsp3) is 1.00. The Morgan fingerprint density at radius 3 is 2.41 bits per heavy atom. The largest absolute Gasteiger partial charge is 0.316 e. The number of piperidine rings is 1. The second-order valence-electron chi connectivity index (χ2n) is 5.99. The summed E-state index contributed by atoms with van der Waals surface area (Å²) in [5.74, 6) is 0.769. The highest BCUT2D eigenvalue weighted by Gasteiger charge is 2.19. The molecule has 0 saturated carbocycles. The third kappa shape index (κ3) is 6.39. The smallest absolute Gasteiger partial charge is 0.0113 e. The lowest BCUT2D eigenvalue weighted by Gasteiger charge is -2.35. The first-order valence-corrected chi connectivity index (χ1v) is 7.19. The lowest BCUT2D eigenvalue weighted by molar-refractivity contribution is 0.144. The molecule has 3 heteroatoms. The number of nitrogens with one attached hydrogen (secondary N) is 1. The van der Waals surface area contributed by atoms with Crippen molar-refractivity contribution < 1.29 is 0 Å². The van der Waals surface area contributed by atoms with Gasteiger partial charge in [-0.3, -0.25) is 0 Å². The Bertz CT molecular complexity index is 184. The van der Waals surface area contributed by atoms with Crippen LogP contribution >= 0.6 is 0 Å². The molecule has 1 heterocycles.